The van der Waals surface area contributed by atoms with Crippen LogP contribution in [-0.4, -0.2) is 47.6 Å². The van der Waals surface area contributed by atoms with Crippen LogP contribution >= 0.6 is 0 Å². The Morgan fingerprint density at radius 2 is 1.85 bits per heavy atom. The van der Waals surface area contributed by atoms with Crippen molar-refractivity contribution in [3.05, 3.63) is 64.6 Å². The second kappa shape index (κ2) is 12.0. The number of nitrogens with zero attached hydrogens (tertiary/aromatic N) is 3. The predicted octanol–water partition coefficient (Wildman–Crippen LogP) is 4.78. The lowest BCUT2D eigenvalue weighted by Crippen LogP contribution is -2.23. The molecule has 2 aromatic heterocycles. The third-order valence-corrected chi connectivity index (χ3v) is 6.37. The Morgan fingerprint density at radius 1 is 1.13 bits per heavy atom. The van der Waals surface area contributed by atoms with Gasteiger partial charge in [0.2, 0.25) is 11.8 Å². The van der Waals surface area contributed by atoms with Crippen LogP contribution in [0.1, 0.15) is 72.3 Å². The molecule has 3 rings (SSSR count). The number of carbonyl (C=O) groups excluding carboxylic acids is 2. The van der Waals surface area contributed by atoms with Crippen LogP contribution in [0.5, 0.6) is 11.6 Å². The number of hydrogen-bond donors (Lipinski definition) is 3. The first kappa shape index (κ1) is 29.2. The highest BCUT2D eigenvalue weighted by atomic mass is 16.5. The predicted molar refractivity (Wildman–Crippen MR) is 154 cm³/mol. The zero-order chi connectivity index (χ0) is 28.9. The van der Waals surface area contributed by atoms with Crippen molar-refractivity contribution in [2.24, 2.45) is 7.05 Å². The minimum atomic E-state index is -0.347. The Kier molecular flexibility index (Phi) is 9.00. The molecule has 0 aliphatic rings. The summed E-state index contributed by atoms with van der Waals surface area (Å²) in [4.78, 5) is 34.8. The third kappa shape index (κ3) is 6.22. The van der Waals surface area contributed by atoms with Gasteiger partial charge in [-0.25, -0.2) is 4.98 Å². The van der Waals surface area contributed by atoms with Crippen LogP contribution in [0, 0.1) is 0 Å². The van der Waals surface area contributed by atoms with E-state index in [0.717, 1.165) is 16.8 Å². The van der Waals surface area contributed by atoms with Crippen molar-refractivity contribution in [2.75, 3.05) is 31.8 Å². The van der Waals surface area contributed by atoms with Crippen LogP contribution in [-0.2, 0) is 18.9 Å². The summed E-state index contributed by atoms with van der Waals surface area (Å²) in [6.07, 6.45) is 4.12. The van der Waals surface area contributed by atoms with Gasteiger partial charge in [-0.3, -0.25) is 9.59 Å². The molecular formula is C29H38N6O4. The number of rotatable bonds is 9. The van der Waals surface area contributed by atoms with Crippen LogP contribution < -0.4 is 25.4 Å². The maximum absolute atomic E-state index is 13.7. The van der Waals surface area contributed by atoms with E-state index in [4.69, 9.17) is 9.47 Å². The van der Waals surface area contributed by atoms with E-state index in [1.165, 1.54) is 7.11 Å². The van der Waals surface area contributed by atoms with E-state index in [9.17, 15) is 9.59 Å². The van der Waals surface area contributed by atoms with E-state index < -0.39 is 0 Å². The zero-order valence-corrected chi connectivity index (χ0v) is 24.1. The van der Waals surface area contributed by atoms with E-state index >= 15 is 0 Å². The molecule has 0 aliphatic carbocycles. The number of anilines is 2. The summed E-state index contributed by atoms with van der Waals surface area (Å²) in [6.45, 7) is 10.0. The summed E-state index contributed by atoms with van der Waals surface area (Å²) in [5.41, 5.74) is 3.49. The lowest BCUT2D eigenvalue weighted by molar-refractivity contribution is 0.0957. The number of hydrogen-bond acceptors (Lipinski definition) is 7. The molecule has 0 saturated carbocycles. The summed E-state index contributed by atoms with van der Waals surface area (Å²) >= 11 is 0. The maximum Gasteiger partial charge on any atom is 0.272 e. The van der Waals surface area contributed by atoms with E-state index in [1.807, 2.05) is 59.9 Å². The van der Waals surface area contributed by atoms with Gasteiger partial charge in [-0.05, 0) is 54.2 Å². The highest BCUT2D eigenvalue weighted by Crippen LogP contribution is 2.36. The van der Waals surface area contributed by atoms with Gasteiger partial charge in [-0.15, -0.1) is 0 Å². The first-order valence-corrected chi connectivity index (χ1v) is 12.8. The van der Waals surface area contributed by atoms with Crippen LogP contribution in [0.4, 0.5) is 11.6 Å². The number of benzene rings is 1. The number of ether oxygens (including phenoxy) is 2. The van der Waals surface area contributed by atoms with Crippen molar-refractivity contribution in [2.45, 2.75) is 46.5 Å². The average Bonchev–Trinajstić information content (AvgIpc) is 3.26. The first-order chi connectivity index (χ1) is 18.5. The molecule has 0 bridgehead atoms. The van der Waals surface area contributed by atoms with E-state index in [0.29, 0.717) is 46.7 Å². The summed E-state index contributed by atoms with van der Waals surface area (Å²) < 4.78 is 13.5. The number of nitrogens with one attached hydrogen (secondary N) is 3. The Labute approximate surface area is 229 Å². The van der Waals surface area contributed by atoms with Crippen molar-refractivity contribution in [1.82, 2.24) is 19.9 Å². The van der Waals surface area contributed by atoms with Crippen molar-refractivity contribution in [3.63, 3.8) is 0 Å². The van der Waals surface area contributed by atoms with Crippen LogP contribution in [0.25, 0.3) is 5.76 Å². The molecule has 0 aliphatic heterocycles. The molecule has 2 heterocycles. The lowest BCUT2D eigenvalue weighted by atomic mass is 9.85. The maximum atomic E-state index is 13.7. The standard InChI is InChI=1S/C29H38N6O4/c1-10-17-14-21(35(8)24(17)22(11-2)39-23-12-13-32-28(31-7)34-23)27(37)33-20-16-18(29(3,4)5)15-19(25(20)38-9)26(36)30-6/h11-16H,10H2,1-9H3,(H,30,36)(H,33,37)(H,31,32,34)/b22-11+. The molecule has 10 nitrogen and oxygen atoms in total. The van der Waals surface area contributed by atoms with Gasteiger partial charge >= 0.3 is 0 Å². The molecule has 0 spiro atoms. The minimum Gasteiger partial charge on any atom is -0.494 e. The van der Waals surface area contributed by atoms with Gasteiger partial charge in [0, 0.05) is 33.4 Å². The Bertz CT molecular complexity index is 1400. The van der Waals surface area contributed by atoms with Gasteiger partial charge < -0.3 is 30.0 Å². The molecule has 0 unspecified atom stereocenters. The molecule has 0 atom stereocenters. The molecule has 208 valence electrons. The molecule has 0 saturated heterocycles. The molecule has 3 N–H and O–H groups in total. The average molecular weight is 535 g/mol. The summed E-state index contributed by atoms with van der Waals surface area (Å²) in [5, 5.41) is 8.53. The van der Waals surface area contributed by atoms with Crippen molar-refractivity contribution >= 4 is 29.2 Å². The van der Waals surface area contributed by atoms with Crippen LogP contribution in [0.15, 0.2) is 36.5 Å². The number of methoxy groups -OCH3 is 1. The van der Waals surface area contributed by atoms with Gasteiger partial charge in [0.1, 0.15) is 11.5 Å². The highest BCUT2D eigenvalue weighted by molar-refractivity contribution is 6.07. The largest absolute Gasteiger partial charge is 0.494 e. The van der Waals surface area contributed by atoms with Crippen molar-refractivity contribution in [3.8, 4) is 11.6 Å². The Morgan fingerprint density at radius 3 is 2.41 bits per heavy atom. The molecule has 0 fully saturated rings. The summed E-state index contributed by atoms with van der Waals surface area (Å²) in [6, 6.07) is 7.16. The fourth-order valence-corrected chi connectivity index (χ4v) is 4.22. The monoisotopic (exact) mass is 534 g/mol. The molecule has 0 radical (unpaired) electrons. The number of aryl methyl sites for hydroxylation is 1. The molecule has 39 heavy (non-hydrogen) atoms. The quantitative estimate of drug-likeness (QED) is 0.338. The first-order valence-electron chi connectivity index (χ1n) is 12.8. The zero-order valence-electron chi connectivity index (χ0n) is 24.1. The van der Waals surface area contributed by atoms with Gasteiger partial charge in [0.05, 0.1) is 24.1 Å². The van der Waals surface area contributed by atoms with Crippen molar-refractivity contribution < 1.29 is 19.1 Å². The van der Waals surface area contributed by atoms with Gasteiger partial charge in [0.15, 0.2) is 5.75 Å². The Balaban J connectivity index is 2.05. The van der Waals surface area contributed by atoms with E-state index in [-0.39, 0.29) is 17.2 Å². The molecule has 3 aromatic rings. The number of allylic oxidation sites excluding steroid dienone is 1. The molecule has 1 aromatic carbocycles. The number of amides is 2. The lowest BCUT2D eigenvalue weighted by Gasteiger charge is -2.23. The SMILES string of the molecule is C/C=C(/Oc1ccnc(NC)n1)c1c(CC)cc(C(=O)Nc2cc(C(C)(C)C)cc(C(=O)NC)c2OC)n1C. The van der Waals surface area contributed by atoms with Crippen LogP contribution in [0.3, 0.4) is 0 Å². The van der Waals surface area contributed by atoms with Crippen LogP contribution in [0.2, 0.25) is 0 Å². The number of aromatic nitrogens is 3. The van der Waals surface area contributed by atoms with Gasteiger partial charge in [0.25, 0.3) is 11.8 Å². The topological polar surface area (TPSA) is 119 Å². The molecule has 10 heteroatoms. The van der Waals surface area contributed by atoms with Crippen molar-refractivity contribution in [1.29, 1.82) is 0 Å². The third-order valence-electron chi connectivity index (χ3n) is 6.37. The minimum absolute atomic E-state index is 0.269. The Hall–Kier alpha value is -4.34. The molecular weight excluding hydrogens is 496 g/mol. The number of carbonyl (C=O) groups is 2. The van der Waals surface area contributed by atoms with E-state index in [2.05, 4.69) is 25.9 Å². The second-order valence-corrected chi connectivity index (χ2v) is 9.93. The normalized spacial score (nSPS) is 11.7. The highest BCUT2D eigenvalue weighted by Gasteiger charge is 2.26. The van der Waals surface area contributed by atoms with Gasteiger partial charge in [-0.1, -0.05) is 27.7 Å². The summed E-state index contributed by atoms with van der Waals surface area (Å²) in [5.74, 6) is 1.02. The second-order valence-electron chi connectivity index (χ2n) is 9.93. The summed E-state index contributed by atoms with van der Waals surface area (Å²) in [7, 11) is 6.58. The molecule has 2 amide bonds. The fraction of sp³-hybridized carbons (Fsp3) is 0.379. The fourth-order valence-electron chi connectivity index (χ4n) is 4.22. The van der Waals surface area contributed by atoms with E-state index in [1.54, 1.807) is 37.0 Å². The smallest absolute Gasteiger partial charge is 0.272 e. The van der Waals surface area contributed by atoms with Gasteiger partial charge in [-0.2, -0.15) is 4.98 Å².